The second-order valence-corrected chi connectivity index (χ2v) is 10.9. The predicted molar refractivity (Wildman–Crippen MR) is 151 cm³/mol. The topological polar surface area (TPSA) is 156 Å². The average molecular weight is 569 g/mol. The van der Waals surface area contributed by atoms with Gasteiger partial charge in [0.25, 0.3) is 5.91 Å². The van der Waals surface area contributed by atoms with Crippen molar-refractivity contribution in [3.63, 3.8) is 0 Å². The fourth-order valence-electron chi connectivity index (χ4n) is 5.17. The zero-order valence-electron chi connectivity index (χ0n) is 24.0. The Morgan fingerprint density at radius 2 is 1.80 bits per heavy atom. The van der Waals surface area contributed by atoms with Crippen LogP contribution in [0.2, 0.25) is 0 Å². The summed E-state index contributed by atoms with van der Waals surface area (Å²) in [6, 6.07) is 11.2. The molecule has 2 fully saturated rings. The number of benzene rings is 1. The summed E-state index contributed by atoms with van der Waals surface area (Å²) < 4.78 is 10.4. The molecule has 2 heterocycles. The van der Waals surface area contributed by atoms with E-state index in [4.69, 9.17) is 9.47 Å². The van der Waals surface area contributed by atoms with Crippen LogP contribution in [0.3, 0.4) is 0 Å². The third-order valence-electron chi connectivity index (χ3n) is 7.53. The number of methoxy groups -OCH3 is 1. The molecule has 41 heavy (non-hydrogen) atoms. The van der Waals surface area contributed by atoms with Crippen LogP contribution in [-0.2, 0) is 20.7 Å². The fourth-order valence-corrected chi connectivity index (χ4v) is 5.17. The van der Waals surface area contributed by atoms with E-state index in [-0.39, 0.29) is 24.6 Å². The highest BCUT2D eigenvalue weighted by Crippen LogP contribution is 2.23. The Labute approximate surface area is 241 Å². The number of nitrogens with zero attached hydrogens (tertiary/aromatic N) is 4. The highest BCUT2D eigenvalue weighted by atomic mass is 16.6. The number of alkyl carbamates (subject to hydrolysis) is 1. The molecule has 0 radical (unpaired) electrons. The standard InChI is InChI=1S/C28H40BN5O7/c1-28(2,34-15-13-32(14-16-34)27(37)40-3)18-22(19-30)25(35)33-12-8-7-11-23(20-33)41-26(36)31-24(29(38)39)17-21-9-5-4-6-10-21/h4-6,9-10,18,23-24,38-39H,7-8,11-17,20H2,1-3H3,(H,31,36)/b22-18+/t23-,24+/m1/s1. The summed E-state index contributed by atoms with van der Waals surface area (Å²) >= 11 is 0. The van der Waals surface area contributed by atoms with Crippen LogP contribution in [0.4, 0.5) is 9.59 Å². The number of amides is 3. The summed E-state index contributed by atoms with van der Waals surface area (Å²) in [7, 11) is -0.440. The van der Waals surface area contributed by atoms with Crippen LogP contribution in [0.25, 0.3) is 0 Å². The Morgan fingerprint density at radius 1 is 1.12 bits per heavy atom. The number of ether oxygens (including phenoxy) is 2. The number of carbonyl (C=O) groups is 3. The molecule has 3 rings (SSSR count). The molecule has 2 saturated heterocycles. The Kier molecular flexibility index (Phi) is 11.6. The molecule has 0 aromatic heterocycles. The average Bonchev–Trinajstić information content (AvgIpc) is 3.20. The van der Waals surface area contributed by atoms with Gasteiger partial charge in [0.05, 0.1) is 19.6 Å². The summed E-state index contributed by atoms with van der Waals surface area (Å²) in [6.45, 7) is 6.47. The van der Waals surface area contributed by atoms with E-state index < -0.39 is 36.7 Å². The van der Waals surface area contributed by atoms with Gasteiger partial charge in [-0.25, -0.2) is 9.59 Å². The molecule has 1 aromatic carbocycles. The minimum absolute atomic E-state index is 0.00169. The number of piperazine rings is 1. The van der Waals surface area contributed by atoms with E-state index in [9.17, 15) is 29.7 Å². The first-order chi connectivity index (χ1) is 19.5. The molecule has 2 aliphatic heterocycles. The quantitative estimate of drug-likeness (QED) is 0.239. The van der Waals surface area contributed by atoms with Crippen molar-refractivity contribution in [2.75, 3.05) is 46.4 Å². The molecule has 0 aliphatic carbocycles. The van der Waals surface area contributed by atoms with Crippen LogP contribution < -0.4 is 5.32 Å². The van der Waals surface area contributed by atoms with Gasteiger partial charge in [-0.15, -0.1) is 0 Å². The van der Waals surface area contributed by atoms with Crippen molar-refractivity contribution >= 4 is 25.2 Å². The number of nitrogens with one attached hydrogen (secondary N) is 1. The second kappa shape index (κ2) is 14.9. The molecule has 12 nitrogen and oxygen atoms in total. The molecule has 2 atom stereocenters. The smallest absolute Gasteiger partial charge is 0.453 e. The molecule has 13 heteroatoms. The maximum absolute atomic E-state index is 13.4. The van der Waals surface area contributed by atoms with E-state index in [1.54, 1.807) is 11.0 Å². The Bertz CT molecular complexity index is 1120. The van der Waals surface area contributed by atoms with Crippen molar-refractivity contribution in [2.24, 2.45) is 0 Å². The largest absolute Gasteiger partial charge is 0.475 e. The number of carbonyl (C=O) groups excluding carboxylic acids is 3. The Morgan fingerprint density at radius 3 is 2.41 bits per heavy atom. The van der Waals surface area contributed by atoms with Crippen LogP contribution in [0.5, 0.6) is 0 Å². The van der Waals surface area contributed by atoms with Crippen molar-refractivity contribution in [1.82, 2.24) is 20.0 Å². The lowest BCUT2D eigenvalue weighted by molar-refractivity contribution is -0.127. The van der Waals surface area contributed by atoms with E-state index in [1.165, 1.54) is 12.0 Å². The first kappa shape index (κ1) is 31.9. The third kappa shape index (κ3) is 9.21. The lowest BCUT2D eigenvalue weighted by Gasteiger charge is -2.42. The Hall–Kier alpha value is -3.60. The highest BCUT2D eigenvalue weighted by molar-refractivity contribution is 6.43. The first-order valence-electron chi connectivity index (χ1n) is 13.9. The van der Waals surface area contributed by atoms with Gasteiger partial charge in [0.1, 0.15) is 17.7 Å². The normalized spacial score (nSPS) is 19.4. The number of hydrogen-bond acceptors (Lipinski definition) is 9. The van der Waals surface area contributed by atoms with Gasteiger partial charge in [-0.3, -0.25) is 9.69 Å². The van der Waals surface area contributed by atoms with Crippen LogP contribution in [-0.4, -0.2) is 114 Å². The van der Waals surface area contributed by atoms with Gasteiger partial charge in [-0.2, -0.15) is 5.26 Å². The van der Waals surface area contributed by atoms with E-state index in [0.29, 0.717) is 45.6 Å². The zero-order valence-corrected chi connectivity index (χ0v) is 24.0. The maximum Gasteiger partial charge on any atom is 0.475 e. The van der Waals surface area contributed by atoms with Gasteiger partial charge in [0.2, 0.25) is 0 Å². The minimum atomic E-state index is -1.79. The molecule has 2 aliphatic rings. The minimum Gasteiger partial charge on any atom is -0.453 e. The maximum atomic E-state index is 13.4. The SMILES string of the molecule is COC(=O)N1CCN(C(C)(C)/C=C(\C#N)C(=O)N2CCCC[C@@H](OC(=O)N[C@@H](Cc3ccccc3)B(O)O)C2)CC1. The third-order valence-corrected chi connectivity index (χ3v) is 7.53. The van der Waals surface area contributed by atoms with Crippen LogP contribution in [0.1, 0.15) is 38.7 Å². The van der Waals surface area contributed by atoms with Crippen molar-refractivity contribution in [3.05, 3.63) is 47.5 Å². The van der Waals surface area contributed by atoms with E-state index in [1.807, 2.05) is 44.2 Å². The van der Waals surface area contributed by atoms with E-state index in [0.717, 1.165) is 12.0 Å². The van der Waals surface area contributed by atoms with Gasteiger partial charge in [-0.1, -0.05) is 30.3 Å². The van der Waals surface area contributed by atoms with Crippen LogP contribution >= 0.6 is 0 Å². The number of likely N-dealkylation sites (tertiary alicyclic amines) is 1. The van der Waals surface area contributed by atoms with Crippen molar-refractivity contribution in [3.8, 4) is 6.07 Å². The van der Waals surface area contributed by atoms with E-state index >= 15 is 0 Å². The van der Waals surface area contributed by atoms with Crippen molar-refractivity contribution < 1.29 is 33.9 Å². The molecule has 0 bridgehead atoms. The molecular weight excluding hydrogens is 529 g/mol. The van der Waals surface area contributed by atoms with Crippen molar-refractivity contribution in [1.29, 1.82) is 5.26 Å². The second-order valence-electron chi connectivity index (χ2n) is 10.9. The Balaban J connectivity index is 1.62. The molecule has 3 N–H and O–H groups in total. The highest BCUT2D eigenvalue weighted by Gasteiger charge is 2.34. The predicted octanol–water partition coefficient (Wildman–Crippen LogP) is 1.33. The summed E-state index contributed by atoms with van der Waals surface area (Å²) in [4.78, 5) is 43.2. The summed E-state index contributed by atoms with van der Waals surface area (Å²) in [5, 5.41) is 32.0. The van der Waals surface area contributed by atoms with Gasteiger partial charge in [0.15, 0.2) is 0 Å². The van der Waals surface area contributed by atoms with E-state index in [2.05, 4.69) is 16.3 Å². The summed E-state index contributed by atoms with van der Waals surface area (Å²) in [5.41, 5.74) is 0.201. The molecule has 222 valence electrons. The lowest BCUT2D eigenvalue weighted by atomic mass is 9.76. The zero-order chi connectivity index (χ0) is 30.0. The molecule has 3 amide bonds. The van der Waals surface area contributed by atoms with Crippen molar-refractivity contribution in [2.45, 2.75) is 57.1 Å². The molecule has 0 unspecified atom stereocenters. The summed E-state index contributed by atoms with van der Waals surface area (Å²) in [6.07, 6.45) is 2.01. The molecular formula is C28H40BN5O7. The monoisotopic (exact) mass is 569 g/mol. The summed E-state index contributed by atoms with van der Waals surface area (Å²) in [5.74, 6) is -1.41. The first-order valence-corrected chi connectivity index (χ1v) is 13.9. The molecule has 1 aromatic rings. The van der Waals surface area contributed by atoms with Crippen LogP contribution in [0, 0.1) is 11.3 Å². The van der Waals surface area contributed by atoms with Crippen LogP contribution in [0.15, 0.2) is 42.0 Å². The van der Waals surface area contributed by atoms with Gasteiger partial charge >= 0.3 is 19.3 Å². The van der Waals surface area contributed by atoms with Gasteiger partial charge in [0, 0.05) is 38.3 Å². The van der Waals surface area contributed by atoms with Gasteiger partial charge < -0.3 is 34.6 Å². The number of hydrogen-bond donors (Lipinski definition) is 3. The van der Waals surface area contributed by atoms with Gasteiger partial charge in [-0.05, 0) is 51.2 Å². The fraction of sp³-hybridized carbons (Fsp3) is 0.571. The number of rotatable bonds is 8. The lowest BCUT2D eigenvalue weighted by Crippen LogP contribution is -2.55. The number of nitriles is 1. The molecule has 0 saturated carbocycles. The molecule has 0 spiro atoms.